The van der Waals surface area contributed by atoms with Gasteiger partial charge in [0.1, 0.15) is 4.88 Å². The first-order valence-electron chi connectivity index (χ1n) is 5.27. The Bertz CT molecular complexity index is 579. The molecule has 5 heteroatoms. The van der Waals surface area contributed by atoms with Crippen LogP contribution >= 0.6 is 22.9 Å². The first-order chi connectivity index (χ1) is 8.04. The monoisotopic (exact) mass is 268 g/mol. The lowest BCUT2D eigenvalue weighted by Crippen LogP contribution is -2.25. The molecule has 0 saturated heterocycles. The van der Waals surface area contributed by atoms with Crippen LogP contribution in [0, 0.1) is 0 Å². The predicted octanol–water partition coefficient (Wildman–Crippen LogP) is 3.23. The molecule has 0 fully saturated rings. The lowest BCUT2D eigenvalue weighted by Gasteiger charge is -2.13. The van der Waals surface area contributed by atoms with E-state index in [1.807, 2.05) is 13.0 Å². The quantitative estimate of drug-likeness (QED) is 0.909. The van der Waals surface area contributed by atoms with Crippen LogP contribution in [0.25, 0.3) is 10.1 Å². The number of hydrogen-bond donors (Lipinski definition) is 1. The highest BCUT2D eigenvalue weighted by atomic mass is 35.5. The van der Waals surface area contributed by atoms with Crippen LogP contribution in [0.3, 0.4) is 0 Å². The molecule has 17 heavy (non-hydrogen) atoms. The zero-order chi connectivity index (χ0) is 12.6. The largest absolute Gasteiger partial charge is 0.397 e. The van der Waals surface area contributed by atoms with Crippen molar-refractivity contribution in [1.82, 2.24) is 4.90 Å². The summed E-state index contributed by atoms with van der Waals surface area (Å²) in [6, 6.07) is 5.49. The van der Waals surface area contributed by atoms with Gasteiger partial charge in [0.05, 0.1) is 5.69 Å². The number of nitrogens with zero attached hydrogens (tertiary/aromatic N) is 1. The van der Waals surface area contributed by atoms with Crippen molar-refractivity contribution in [3.8, 4) is 0 Å². The maximum absolute atomic E-state index is 12.1. The fourth-order valence-corrected chi connectivity index (χ4v) is 2.83. The SMILES string of the molecule is CCN(C)C(=O)c1sc2ccc(Cl)cc2c1N. The lowest BCUT2D eigenvalue weighted by molar-refractivity contribution is 0.0808. The zero-order valence-corrected chi connectivity index (χ0v) is 11.2. The molecule has 0 spiro atoms. The van der Waals surface area contributed by atoms with Crippen LogP contribution in [0.5, 0.6) is 0 Å². The van der Waals surface area contributed by atoms with E-state index in [-0.39, 0.29) is 5.91 Å². The molecule has 2 aromatic rings. The molecule has 3 nitrogen and oxygen atoms in total. The molecule has 0 unspecified atom stereocenters. The van der Waals surface area contributed by atoms with Gasteiger partial charge in [0, 0.05) is 28.7 Å². The van der Waals surface area contributed by atoms with Gasteiger partial charge in [-0.1, -0.05) is 11.6 Å². The highest BCUT2D eigenvalue weighted by molar-refractivity contribution is 7.21. The van der Waals surface area contributed by atoms with Gasteiger partial charge in [-0.2, -0.15) is 0 Å². The van der Waals surface area contributed by atoms with Crippen molar-refractivity contribution < 1.29 is 4.79 Å². The van der Waals surface area contributed by atoms with Gasteiger partial charge in [0.15, 0.2) is 0 Å². The molecule has 1 aromatic carbocycles. The molecule has 0 aliphatic heterocycles. The van der Waals surface area contributed by atoms with E-state index >= 15 is 0 Å². The Morgan fingerprint density at radius 3 is 2.88 bits per heavy atom. The fourth-order valence-electron chi connectivity index (χ4n) is 1.56. The van der Waals surface area contributed by atoms with Gasteiger partial charge in [-0.15, -0.1) is 11.3 Å². The molecule has 1 aromatic heterocycles. The minimum absolute atomic E-state index is 0.0395. The van der Waals surface area contributed by atoms with Gasteiger partial charge < -0.3 is 10.6 Å². The third-order valence-corrected chi connectivity index (χ3v) is 4.11. The van der Waals surface area contributed by atoms with Crippen molar-refractivity contribution in [3.63, 3.8) is 0 Å². The van der Waals surface area contributed by atoms with E-state index in [2.05, 4.69) is 0 Å². The maximum atomic E-state index is 12.1. The van der Waals surface area contributed by atoms with Gasteiger partial charge in [-0.3, -0.25) is 4.79 Å². The molecule has 1 heterocycles. The molecule has 0 atom stereocenters. The van der Waals surface area contributed by atoms with Crippen molar-refractivity contribution in [2.75, 3.05) is 19.3 Å². The van der Waals surface area contributed by atoms with Crippen molar-refractivity contribution in [1.29, 1.82) is 0 Å². The normalized spacial score (nSPS) is 10.8. The second-order valence-corrected chi connectivity index (χ2v) is 5.29. The molecule has 0 saturated carbocycles. The topological polar surface area (TPSA) is 46.3 Å². The van der Waals surface area contributed by atoms with Gasteiger partial charge in [0.25, 0.3) is 5.91 Å². The highest BCUT2D eigenvalue weighted by Crippen LogP contribution is 2.35. The molecule has 0 aliphatic rings. The summed E-state index contributed by atoms with van der Waals surface area (Å²) in [5.41, 5.74) is 6.53. The summed E-state index contributed by atoms with van der Waals surface area (Å²) >= 11 is 7.33. The van der Waals surface area contributed by atoms with Gasteiger partial charge >= 0.3 is 0 Å². The number of anilines is 1. The number of carbonyl (C=O) groups is 1. The number of amides is 1. The molecule has 90 valence electrons. The number of benzene rings is 1. The summed E-state index contributed by atoms with van der Waals surface area (Å²) in [6.45, 7) is 2.59. The Balaban J connectivity index is 2.56. The van der Waals surface area contributed by atoms with E-state index in [4.69, 9.17) is 17.3 Å². The Morgan fingerprint density at radius 1 is 1.53 bits per heavy atom. The second-order valence-electron chi connectivity index (χ2n) is 3.80. The van der Waals surface area contributed by atoms with Crippen molar-refractivity contribution in [2.24, 2.45) is 0 Å². The Kier molecular flexibility index (Phi) is 3.26. The standard InChI is InChI=1S/C12H13ClN2OS/c1-3-15(2)12(16)11-10(14)8-6-7(13)4-5-9(8)17-11/h4-6H,3,14H2,1-2H3. The number of nitrogen functional groups attached to an aromatic ring is 1. The Labute approximate surface area is 109 Å². The lowest BCUT2D eigenvalue weighted by atomic mass is 10.2. The number of halogens is 1. The summed E-state index contributed by atoms with van der Waals surface area (Å²) < 4.78 is 0.986. The van der Waals surface area contributed by atoms with Crippen LogP contribution in [0.15, 0.2) is 18.2 Å². The number of fused-ring (bicyclic) bond motifs is 1. The van der Waals surface area contributed by atoms with Gasteiger partial charge in [0.2, 0.25) is 0 Å². The average Bonchev–Trinajstić information content (AvgIpc) is 2.65. The van der Waals surface area contributed by atoms with Crippen LogP contribution < -0.4 is 5.73 Å². The summed E-state index contributed by atoms with van der Waals surface area (Å²) in [4.78, 5) is 14.3. The molecule has 1 amide bonds. The van der Waals surface area contributed by atoms with E-state index in [0.717, 1.165) is 10.1 Å². The number of nitrogens with two attached hydrogens (primary N) is 1. The number of hydrogen-bond acceptors (Lipinski definition) is 3. The Morgan fingerprint density at radius 2 is 2.24 bits per heavy atom. The highest BCUT2D eigenvalue weighted by Gasteiger charge is 2.18. The summed E-state index contributed by atoms with van der Waals surface area (Å²) in [7, 11) is 1.76. The number of rotatable bonds is 2. The fraction of sp³-hybridized carbons (Fsp3) is 0.250. The van der Waals surface area contributed by atoms with Gasteiger partial charge in [-0.05, 0) is 25.1 Å². The molecule has 0 bridgehead atoms. The maximum Gasteiger partial charge on any atom is 0.265 e. The van der Waals surface area contributed by atoms with Crippen LogP contribution in [-0.2, 0) is 0 Å². The third kappa shape index (κ3) is 2.10. The minimum atomic E-state index is -0.0395. The first-order valence-corrected chi connectivity index (χ1v) is 6.47. The number of thiophene rings is 1. The third-order valence-electron chi connectivity index (χ3n) is 2.70. The minimum Gasteiger partial charge on any atom is -0.397 e. The van der Waals surface area contributed by atoms with E-state index < -0.39 is 0 Å². The molecule has 2 N–H and O–H groups in total. The van der Waals surface area contributed by atoms with E-state index in [1.165, 1.54) is 11.3 Å². The molecular weight excluding hydrogens is 256 g/mol. The van der Waals surface area contributed by atoms with Crippen molar-refractivity contribution in [2.45, 2.75) is 6.92 Å². The van der Waals surface area contributed by atoms with Crippen LogP contribution in [0.2, 0.25) is 5.02 Å². The molecular formula is C12H13ClN2OS. The average molecular weight is 269 g/mol. The summed E-state index contributed by atoms with van der Waals surface area (Å²) in [6.07, 6.45) is 0. The van der Waals surface area contributed by atoms with Crippen LogP contribution in [0.1, 0.15) is 16.6 Å². The smallest absolute Gasteiger partial charge is 0.265 e. The predicted molar refractivity (Wildman–Crippen MR) is 73.9 cm³/mol. The molecule has 0 aliphatic carbocycles. The van der Waals surface area contributed by atoms with Crippen LogP contribution in [-0.4, -0.2) is 24.4 Å². The Hall–Kier alpha value is -1.26. The van der Waals surface area contributed by atoms with Crippen molar-refractivity contribution >= 4 is 44.6 Å². The van der Waals surface area contributed by atoms with E-state index in [1.54, 1.807) is 24.1 Å². The summed E-state index contributed by atoms with van der Waals surface area (Å²) in [5, 5.41) is 1.49. The molecule has 2 rings (SSSR count). The van der Waals surface area contributed by atoms with Gasteiger partial charge in [-0.25, -0.2) is 0 Å². The second kappa shape index (κ2) is 4.55. The van der Waals surface area contributed by atoms with Crippen LogP contribution in [0.4, 0.5) is 5.69 Å². The zero-order valence-electron chi connectivity index (χ0n) is 9.66. The number of carbonyl (C=O) groups excluding carboxylic acids is 1. The first kappa shape index (κ1) is 12.2. The summed E-state index contributed by atoms with van der Waals surface area (Å²) in [5.74, 6) is -0.0395. The van der Waals surface area contributed by atoms with E-state index in [9.17, 15) is 4.79 Å². The molecule has 0 radical (unpaired) electrons. The van der Waals surface area contributed by atoms with Crippen molar-refractivity contribution in [3.05, 3.63) is 28.1 Å². The van der Waals surface area contributed by atoms with E-state index in [0.29, 0.717) is 22.1 Å².